The van der Waals surface area contributed by atoms with Crippen LogP contribution in [0.25, 0.3) is 0 Å². The summed E-state index contributed by atoms with van der Waals surface area (Å²) >= 11 is 0. The molecule has 1 aromatic carbocycles. The van der Waals surface area contributed by atoms with Crippen LogP contribution >= 0.6 is 0 Å². The van der Waals surface area contributed by atoms with Crippen molar-refractivity contribution in [3.05, 3.63) is 30.1 Å². The van der Waals surface area contributed by atoms with Crippen LogP contribution < -0.4 is 5.32 Å². The average molecular weight is 278 g/mol. The zero-order valence-electron chi connectivity index (χ0n) is 11.8. The second kappa shape index (κ2) is 5.61. The average Bonchev–Trinajstić information content (AvgIpc) is 2.91. The fourth-order valence-corrected chi connectivity index (χ4v) is 2.27. The first-order valence-corrected chi connectivity index (χ1v) is 6.77. The van der Waals surface area contributed by atoms with Gasteiger partial charge < -0.3 is 10.2 Å². The number of carbonyl (C=O) groups is 2. The van der Waals surface area contributed by atoms with Gasteiger partial charge in [-0.15, -0.1) is 0 Å². The molecule has 2 amide bonds. The Bertz CT molecular complexity index is 522. The quantitative estimate of drug-likeness (QED) is 0.863. The van der Waals surface area contributed by atoms with Gasteiger partial charge in [0, 0.05) is 18.8 Å². The Morgan fingerprint density at radius 2 is 1.90 bits per heavy atom. The summed E-state index contributed by atoms with van der Waals surface area (Å²) in [4.78, 5) is 26.3. The van der Waals surface area contributed by atoms with Crippen molar-refractivity contribution in [2.45, 2.75) is 26.7 Å². The van der Waals surface area contributed by atoms with Crippen LogP contribution in [0.15, 0.2) is 24.3 Å². The van der Waals surface area contributed by atoms with Gasteiger partial charge in [-0.05, 0) is 44.9 Å². The summed E-state index contributed by atoms with van der Waals surface area (Å²) in [5.74, 6) is -1.02. The van der Waals surface area contributed by atoms with Crippen molar-refractivity contribution in [3.63, 3.8) is 0 Å². The Balaban J connectivity index is 2.08. The third kappa shape index (κ3) is 2.98. The minimum atomic E-state index is -1.16. The van der Waals surface area contributed by atoms with E-state index in [1.54, 1.807) is 24.8 Å². The minimum absolute atomic E-state index is 0.177. The van der Waals surface area contributed by atoms with Gasteiger partial charge in [0.2, 0.25) is 11.8 Å². The lowest BCUT2D eigenvalue weighted by Gasteiger charge is -2.28. The minimum Gasteiger partial charge on any atom is -0.342 e. The summed E-state index contributed by atoms with van der Waals surface area (Å²) in [6, 6.07) is 5.64. The lowest BCUT2D eigenvalue weighted by atomic mass is 9.90. The number of likely N-dealkylation sites (tertiary alicyclic amines) is 1. The van der Waals surface area contributed by atoms with Crippen LogP contribution in [0.3, 0.4) is 0 Å². The first kappa shape index (κ1) is 14.5. The summed E-state index contributed by atoms with van der Waals surface area (Å²) in [6.07, 6.45) is 1.96. The highest BCUT2D eigenvalue weighted by molar-refractivity contribution is 6.09. The molecule has 1 aromatic rings. The number of hydrogen-bond donors (Lipinski definition) is 1. The summed E-state index contributed by atoms with van der Waals surface area (Å²) in [7, 11) is 0. The Morgan fingerprint density at radius 1 is 1.25 bits per heavy atom. The van der Waals surface area contributed by atoms with Gasteiger partial charge in [-0.1, -0.05) is 6.07 Å². The van der Waals surface area contributed by atoms with E-state index in [4.69, 9.17) is 0 Å². The highest BCUT2D eigenvalue weighted by atomic mass is 19.1. The number of anilines is 1. The van der Waals surface area contributed by atoms with Crippen LogP contribution in [0.4, 0.5) is 10.1 Å². The number of hydrogen-bond acceptors (Lipinski definition) is 2. The maximum atomic E-state index is 13.1. The first-order valence-electron chi connectivity index (χ1n) is 6.77. The molecule has 20 heavy (non-hydrogen) atoms. The summed E-state index contributed by atoms with van der Waals surface area (Å²) in [5, 5.41) is 2.60. The number of nitrogens with one attached hydrogen (secondary N) is 1. The summed E-state index contributed by atoms with van der Waals surface area (Å²) in [5.41, 5.74) is -0.797. The molecular weight excluding hydrogens is 259 g/mol. The molecule has 0 saturated carbocycles. The first-order chi connectivity index (χ1) is 9.41. The lowest BCUT2D eigenvalue weighted by molar-refractivity contribution is -0.145. The monoisotopic (exact) mass is 278 g/mol. The van der Waals surface area contributed by atoms with E-state index >= 15 is 0 Å². The molecule has 1 saturated heterocycles. The van der Waals surface area contributed by atoms with E-state index < -0.39 is 17.1 Å². The van der Waals surface area contributed by atoms with E-state index in [9.17, 15) is 14.0 Å². The number of carbonyl (C=O) groups excluding carboxylic acids is 2. The zero-order valence-corrected chi connectivity index (χ0v) is 11.8. The van der Waals surface area contributed by atoms with Crippen molar-refractivity contribution in [3.8, 4) is 0 Å². The zero-order chi connectivity index (χ0) is 14.8. The van der Waals surface area contributed by atoms with E-state index in [0.29, 0.717) is 18.8 Å². The smallest absolute Gasteiger partial charge is 0.239 e. The summed E-state index contributed by atoms with van der Waals surface area (Å²) in [6.45, 7) is 4.61. The molecule has 0 bridgehead atoms. The number of nitrogens with zero attached hydrogens (tertiary/aromatic N) is 1. The van der Waals surface area contributed by atoms with Gasteiger partial charge in [0.25, 0.3) is 0 Å². The number of amides is 2. The van der Waals surface area contributed by atoms with E-state index in [0.717, 1.165) is 12.8 Å². The third-order valence-electron chi connectivity index (χ3n) is 3.58. The summed E-state index contributed by atoms with van der Waals surface area (Å²) < 4.78 is 13.1. The van der Waals surface area contributed by atoms with Crippen molar-refractivity contribution in [2.75, 3.05) is 18.4 Å². The van der Waals surface area contributed by atoms with E-state index in [1.165, 1.54) is 18.2 Å². The molecule has 1 aliphatic rings. The topological polar surface area (TPSA) is 49.4 Å². The van der Waals surface area contributed by atoms with Crippen molar-refractivity contribution >= 4 is 17.5 Å². The molecule has 1 aliphatic heterocycles. The molecule has 2 rings (SSSR count). The molecule has 1 N–H and O–H groups in total. The fourth-order valence-electron chi connectivity index (χ4n) is 2.27. The van der Waals surface area contributed by atoms with Gasteiger partial charge in [-0.2, -0.15) is 0 Å². The Labute approximate surface area is 118 Å². The standard InChI is InChI=1S/C15H19FN2O2/c1-15(2,14(20)18-8-3-4-9-18)13(19)17-12-7-5-6-11(16)10-12/h5-7,10H,3-4,8-9H2,1-2H3,(H,17,19). The van der Waals surface area contributed by atoms with Crippen molar-refractivity contribution in [1.29, 1.82) is 0 Å². The van der Waals surface area contributed by atoms with Crippen molar-refractivity contribution in [1.82, 2.24) is 4.90 Å². The fraction of sp³-hybridized carbons (Fsp3) is 0.467. The Kier molecular flexibility index (Phi) is 4.06. The van der Waals surface area contributed by atoms with Gasteiger partial charge >= 0.3 is 0 Å². The second-order valence-corrected chi connectivity index (χ2v) is 5.59. The predicted octanol–water partition coefficient (Wildman–Crippen LogP) is 2.41. The van der Waals surface area contributed by atoms with Crippen LogP contribution in [0, 0.1) is 11.2 Å². The molecular formula is C15H19FN2O2. The predicted molar refractivity (Wildman–Crippen MR) is 74.6 cm³/mol. The van der Waals surface area contributed by atoms with Crippen LogP contribution in [-0.2, 0) is 9.59 Å². The molecule has 1 heterocycles. The molecule has 0 unspecified atom stereocenters. The van der Waals surface area contributed by atoms with Crippen LogP contribution in [0.5, 0.6) is 0 Å². The largest absolute Gasteiger partial charge is 0.342 e. The van der Waals surface area contributed by atoms with Crippen molar-refractivity contribution in [2.24, 2.45) is 5.41 Å². The molecule has 1 fully saturated rings. The maximum absolute atomic E-state index is 13.1. The van der Waals surface area contributed by atoms with Crippen LogP contribution in [0.2, 0.25) is 0 Å². The Morgan fingerprint density at radius 3 is 2.50 bits per heavy atom. The van der Waals surface area contributed by atoms with Gasteiger partial charge in [0.05, 0.1) is 0 Å². The third-order valence-corrected chi connectivity index (χ3v) is 3.58. The molecule has 108 valence electrons. The van der Waals surface area contributed by atoms with Gasteiger partial charge in [0.15, 0.2) is 0 Å². The molecule has 5 heteroatoms. The lowest BCUT2D eigenvalue weighted by Crippen LogP contribution is -2.46. The van der Waals surface area contributed by atoms with E-state index in [1.807, 2.05) is 0 Å². The molecule has 0 aromatic heterocycles. The van der Waals surface area contributed by atoms with Gasteiger partial charge in [-0.3, -0.25) is 9.59 Å². The molecule has 0 radical (unpaired) electrons. The van der Waals surface area contributed by atoms with Crippen molar-refractivity contribution < 1.29 is 14.0 Å². The van der Waals surface area contributed by atoms with E-state index in [2.05, 4.69) is 5.32 Å². The maximum Gasteiger partial charge on any atom is 0.239 e. The molecule has 0 spiro atoms. The van der Waals surface area contributed by atoms with Gasteiger partial charge in [-0.25, -0.2) is 4.39 Å². The molecule has 0 aliphatic carbocycles. The highest BCUT2D eigenvalue weighted by Gasteiger charge is 2.39. The van der Waals surface area contributed by atoms with Crippen LogP contribution in [-0.4, -0.2) is 29.8 Å². The number of rotatable bonds is 3. The van der Waals surface area contributed by atoms with Crippen LogP contribution in [0.1, 0.15) is 26.7 Å². The highest BCUT2D eigenvalue weighted by Crippen LogP contribution is 2.24. The Hall–Kier alpha value is -1.91. The van der Waals surface area contributed by atoms with E-state index in [-0.39, 0.29) is 5.91 Å². The second-order valence-electron chi connectivity index (χ2n) is 5.59. The molecule has 0 atom stereocenters. The normalized spacial score (nSPS) is 15.2. The molecule has 4 nitrogen and oxygen atoms in total. The number of halogens is 1. The SMILES string of the molecule is CC(C)(C(=O)Nc1cccc(F)c1)C(=O)N1CCCC1. The number of benzene rings is 1. The van der Waals surface area contributed by atoms with Gasteiger partial charge in [0.1, 0.15) is 11.2 Å².